The van der Waals surface area contributed by atoms with E-state index in [1.807, 2.05) is 13.8 Å². The largest absolute Gasteiger partial charge is 0.325 e. The molecule has 1 aliphatic carbocycles. The lowest BCUT2D eigenvalue weighted by molar-refractivity contribution is 0.361. The average molecular weight is 170 g/mol. The van der Waals surface area contributed by atoms with Gasteiger partial charge in [0.2, 0.25) is 0 Å². The molecule has 0 aromatic heterocycles. The summed E-state index contributed by atoms with van der Waals surface area (Å²) in [7, 11) is 2.19. The van der Waals surface area contributed by atoms with Crippen molar-refractivity contribution in [3.8, 4) is 0 Å². The second-order valence-electron chi connectivity index (χ2n) is 3.98. The molecule has 2 aliphatic rings. The maximum absolute atomic E-state index is 6.09. The van der Waals surface area contributed by atoms with Crippen molar-refractivity contribution in [2.75, 3.05) is 20.1 Å². The van der Waals surface area contributed by atoms with Crippen LogP contribution in [0.4, 0.5) is 0 Å². The Labute approximate surface area is 76.1 Å². The fraction of sp³-hybridized carbons (Fsp3) is 1.00. The zero-order chi connectivity index (χ0) is 9.19. The van der Waals surface area contributed by atoms with Gasteiger partial charge in [0, 0.05) is 12.1 Å². The Morgan fingerprint density at radius 1 is 1.33 bits per heavy atom. The highest BCUT2D eigenvalue weighted by molar-refractivity contribution is 5.06. The van der Waals surface area contributed by atoms with Crippen molar-refractivity contribution in [1.29, 1.82) is 0 Å². The summed E-state index contributed by atoms with van der Waals surface area (Å²) in [6.07, 6.45) is 3.87. The van der Waals surface area contributed by atoms with E-state index >= 15 is 0 Å². The predicted octanol–water partition coefficient (Wildman–Crippen LogP) is 1.46. The molecule has 2 N–H and O–H groups in total. The van der Waals surface area contributed by atoms with Crippen molar-refractivity contribution in [2.45, 2.75) is 38.6 Å². The second-order valence-corrected chi connectivity index (χ2v) is 3.98. The molecule has 2 rings (SSSR count). The fourth-order valence-electron chi connectivity index (χ4n) is 1.96. The third-order valence-electron chi connectivity index (χ3n) is 3.03. The first-order chi connectivity index (χ1) is 5.71. The Morgan fingerprint density at radius 3 is 2.25 bits per heavy atom. The summed E-state index contributed by atoms with van der Waals surface area (Å²) in [5.74, 6) is 0.803. The summed E-state index contributed by atoms with van der Waals surface area (Å²) in [5.41, 5.74) is 6.36. The zero-order valence-electron chi connectivity index (χ0n) is 8.64. The van der Waals surface area contributed by atoms with E-state index in [4.69, 9.17) is 5.73 Å². The normalized spacial score (nSPS) is 32.5. The first kappa shape index (κ1) is 10.0. The maximum Gasteiger partial charge on any atom is 0.0197 e. The van der Waals surface area contributed by atoms with E-state index in [-0.39, 0.29) is 5.54 Å². The lowest BCUT2D eigenvalue weighted by atomic mass is 9.98. The number of hydrogen-bond acceptors (Lipinski definition) is 2. The Bertz CT molecular complexity index is 141. The van der Waals surface area contributed by atoms with Gasteiger partial charge in [0.15, 0.2) is 0 Å². The van der Waals surface area contributed by atoms with Gasteiger partial charge in [-0.1, -0.05) is 13.8 Å². The Hall–Kier alpha value is -0.0800. The van der Waals surface area contributed by atoms with E-state index in [0.29, 0.717) is 0 Å². The van der Waals surface area contributed by atoms with Crippen LogP contribution in [0.2, 0.25) is 0 Å². The van der Waals surface area contributed by atoms with Crippen LogP contribution >= 0.6 is 0 Å². The maximum atomic E-state index is 6.09. The molecule has 1 heterocycles. The third-order valence-corrected chi connectivity index (χ3v) is 3.03. The summed E-state index contributed by atoms with van der Waals surface area (Å²) in [5, 5.41) is 0. The Kier molecular flexibility index (Phi) is 3.13. The summed E-state index contributed by atoms with van der Waals surface area (Å²) >= 11 is 0. The standard InChI is InChI=1S/C8H16N2.C2H6/c1-10-5-2-7(6-10)8(9)3-4-8;1-2/h7H,2-6,9H2,1H3;1-2H3. The van der Waals surface area contributed by atoms with Gasteiger partial charge in [-0.3, -0.25) is 0 Å². The molecule has 1 aliphatic heterocycles. The smallest absolute Gasteiger partial charge is 0.0197 e. The molecule has 2 fully saturated rings. The molecule has 2 nitrogen and oxygen atoms in total. The summed E-state index contributed by atoms with van der Waals surface area (Å²) in [6.45, 7) is 6.49. The minimum Gasteiger partial charge on any atom is -0.325 e. The molecule has 0 bridgehead atoms. The molecule has 0 aromatic carbocycles. The fourth-order valence-corrected chi connectivity index (χ4v) is 1.96. The highest BCUT2D eigenvalue weighted by atomic mass is 15.1. The molecule has 0 radical (unpaired) electrons. The van der Waals surface area contributed by atoms with Gasteiger partial charge in [-0.25, -0.2) is 0 Å². The number of rotatable bonds is 1. The van der Waals surface area contributed by atoms with Crippen molar-refractivity contribution in [1.82, 2.24) is 4.90 Å². The zero-order valence-corrected chi connectivity index (χ0v) is 8.64. The van der Waals surface area contributed by atoms with Crippen LogP contribution in [0.1, 0.15) is 33.1 Å². The number of hydrogen-bond donors (Lipinski definition) is 1. The van der Waals surface area contributed by atoms with Crippen LogP contribution in [0.3, 0.4) is 0 Å². The third kappa shape index (κ3) is 1.99. The quantitative estimate of drug-likeness (QED) is 0.645. The molecule has 1 unspecified atom stereocenters. The van der Waals surface area contributed by atoms with Crippen LogP contribution in [-0.4, -0.2) is 30.6 Å². The number of nitrogens with two attached hydrogens (primary N) is 1. The number of nitrogens with zero attached hydrogens (tertiary/aromatic N) is 1. The van der Waals surface area contributed by atoms with Gasteiger partial charge in [-0.15, -0.1) is 0 Å². The summed E-state index contributed by atoms with van der Waals surface area (Å²) < 4.78 is 0. The van der Waals surface area contributed by atoms with Crippen LogP contribution in [0, 0.1) is 5.92 Å². The van der Waals surface area contributed by atoms with Crippen molar-refractivity contribution in [2.24, 2.45) is 11.7 Å². The lowest BCUT2D eigenvalue weighted by Crippen LogP contribution is -2.33. The van der Waals surface area contributed by atoms with E-state index in [2.05, 4.69) is 11.9 Å². The van der Waals surface area contributed by atoms with Crippen LogP contribution in [0.5, 0.6) is 0 Å². The van der Waals surface area contributed by atoms with Gasteiger partial charge in [-0.05, 0) is 38.8 Å². The van der Waals surface area contributed by atoms with Crippen LogP contribution in [-0.2, 0) is 0 Å². The molecule has 0 aromatic rings. The monoisotopic (exact) mass is 170 g/mol. The number of likely N-dealkylation sites (tertiary alicyclic amines) is 1. The van der Waals surface area contributed by atoms with Gasteiger partial charge in [0.25, 0.3) is 0 Å². The molecular weight excluding hydrogens is 148 g/mol. The van der Waals surface area contributed by atoms with Crippen LogP contribution in [0.25, 0.3) is 0 Å². The predicted molar refractivity (Wildman–Crippen MR) is 53.1 cm³/mol. The van der Waals surface area contributed by atoms with E-state index in [0.717, 1.165) is 5.92 Å². The van der Waals surface area contributed by atoms with Gasteiger partial charge < -0.3 is 10.6 Å². The van der Waals surface area contributed by atoms with Gasteiger partial charge in [-0.2, -0.15) is 0 Å². The molecular formula is C10H22N2. The highest BCUT2D eigenvalue weighted by Gasteiger charge is 2.47. The van der Waals surface area contributed by atoms with Gasteiger partial charge >= 0.3 is 0 Å². The van der Waals surface area contributed by atoms with Gasteiger partial charge in [0.1, 0.15) is 0 Å². The molecule has 1 saturated heterocycles. The van der Waals surface area contributed by atoms with Crippen molar-refractivity contribution >= 4 is 0 Å². The van der Waals surface area contributed by atoms with Crippen molar-refractivity contribution in [3.63, 3.8) is 0 Å². The molecule has 0 spiro atoms. The first-order valence-electron chi connectivity index (χ1n) is 5.18. The molecule has 72 valence electrons. The minimum absolute atomic E-state index is 0.269. The minimum atomic E-state index is 0.269. The van der Waals surface area contributed by atoms with Crippen molar-refractivity contribution < 1.29 is 0 Å². The first-order valence-corrected chi connectivity index (χ1v) is 5.18. The molecule has 2 heteroatoms. The topological polar surface area (TPSA) is 29.3 Å². The average Bonchev–Trinajstić information content (AvgIpc) is 2.66. The van der Waals surface area contributed by atoms with Crippen molar-refractivity contribution in [3.05, 3.63) is 0 Å². The SMILES string of the molecule is CC.CN1CCC(C2(N)CC2)C1. The Morgan fingerprint density at radius 2 is 1.92 bits per heavy atom. The molecule has 12 heavy (non-hydrogen) atoms. The Balaban J connectivity index is 0.000000336. The summed E-state index contributed by atoms with van der Waals surface area (Å²) in [4.78, 5) is 2.39. The highest BCUT2D eigenvalue weighted by Crippen LogP contribution is 2.43. The molecule has 0 amide bonds. The van der Waals surface area contributed by atoms with Crippen LogP contribution < -0.4 is 5.73 Å². The second kappa shape index (κ2) is 3.75. The van der Waals surface area contributed by atoms with Gasteiger partial charge in [0.05, 0.1) is 0 Å². The van der Waals surface area contributed by atoms with Crippen LogP contribution in [0.15, 0.2) is 0 Å². The summed E-state index contributed by atoms with van der Waals surface area (Å²) in [6, 6.07) is 0. The molecule has 1 saturated carbocycles. The van der Waals surface area contributed by atoms with E-state index in [9.17, 15) is 0 Å². The lowest BCUT2D eigenvalue weighted by Gasteiger charge is -2.16. The van der Waals surface area contributed by atoms with E-state index in [1.54, 1.807) is 0 Å². The van der Waals surface area contributed by atoms with E-state index < -0.39 is 0 Å². The molecule has 1 atom stereocenters. The van der Waals surface area contributed by atoms with E-state index in [1.165, 1.54) is 32.4 Å².